The SMILES string of the molecule is O=C(NCC(O)COCC1CC1)c1ccc(-c2cscn2)cc1. The lowest BCUT2D eigenvalue weighted by atomic mass is 10.1. The Morgan fingerprint density at radius 2 is 2.17 bits per heavy atom. The van der Waals surface area contributed by atoms with Gasteiger partial charge in [-0.15, -0.1) is 11.3 Å². The van der Waals surface area contributed by atoms with Gasteiger partial charge in [0.25, 0.3) is 5.91 Å². The minimum absolute atomic E-state index is 0.192. The highest BCUT2D eigenvalue weighted by molar-refractivity contribution is 7.07. The zero-order valence-corrected chi connectivity index (χ0v) is 13.6. The van der Waals surface area contributed by atoms with E-state index in [1.165, 1.54) is 24.2 Å². The van der Waals surface area contributed by atoms with Crippen molar-refractivity contribution in [3.63, 3.8) is 0 Å². The number of aliphatic hydroxyl groups is 1. The van der Waals surface area contributed by atoms with Gasteiger partial charge in [0, 0.05) is 29.7 Å². The predicted molar refractivity (Wildman–Crippen MR) is 89.4 cm³/mol. The van der Waals surface area contributed by atoms with Crippen molar-refractivity contribution in [2.45, 2.75) is 18.9 Å². The fourth-order valence-electron chi connectivity index (χ4n) is 2.17. The Hall–Kier alpha value is -1.76. The lowest BCUT2D eigenvalue weighted by molar-refractivity contribution is 0.0320. The number of amides is 1. The summed E-state index contributed by atoms with van der Waals surface area (Å²) in [7, 11) is 0. The summed E-state index contributed by atoms with van der Waals surface area (Å²) in [6.07, 6.45) is 1.78. The molecule has 1 aromatic carbocycles. The van der Waals surface area contributed by atoms with Crippen LogP contribution in [0.15, 0.2) is 35.2 Å². The Labute approximate surface area is 139 Å². The fourth-order valence-corrected chi connectivity index (χ4v) is 2.74. The molecule has 1 aromatic heterocycles. The quantitative estimate of drug-likeness (QED) is 0.778. The Kier molecular flexibility index (Phi) is 5.38. The molecular formula is C17H20N2O3S. The van der Waals surface area contributed by atoms with Gasteiger partial charge in [-0.25, -0.2) is 4.98 Å². The molecule has 0 radical (unpaired) electrons. The van der Waals surface area contributed by atoms with E-state index in [1.54, 1.807) is 17.6 Å². The highest BCUT2D eigenvalue weighted by atomic mass is 32.1. The number of thiazole rings is 1. The van der Waals surface area contributed by atoms with Gasteiger partial charge in [-0.2, -0.15) is 0 Å². The Balaban J connectivity index is 1.44. The van der Waals surface area contributed by atoms with Gasteiger partial charge in [0.2, 0.25) is 0 Å². The van der Waals surface area contributed by atoms with Gasteiger partial charge in [0.1, 0.15) is 0 Å². The summed E-state index contributed by atoms with van der Waals surface area (Å²) in [6, 6.07) is 7.28. The first-order chi connectivity index (χ1) is 11.2. The van der Waals surface area contributed by atoms with Crippen molar-refractivity contribution in [3.8, 4) is 11.3 Å². The third-order valence-corrected chi connectivity index (χ3v) is 4.32. The molecule has 122 valence electrons. The summed E-state index contributed by atoms with van der Waals surface area (Å²) in [5, 5.41) is 14.5. The van der Waals surface area contributed by atoms with Crippen LogP contribution in [0.2, 0.25) is 0 Å². The summed E-state index contributed by atoms with van der Waals surface area (Å²) in [4.78, 5) is 16.3. The van der Waals surface area contributed by atoms with Gasteiger partial charge in [-0.05, 0) is 30.9 Å². The third kappa shape index (κ3) is 4.86. The fraction of sp³-hybridized carbons (Fsp3) is 0.412. The van der Waals surface area contributed by atoms with Crippen LogP contribution in [0, 0.1) is 5.92 Å². The smallest absolute Gasteiger partial charge is 0.251 e. The van der Waals surface area contributed by atoms with Crippen LogP contribution in [-0.2, 0) is 4.74 Å². The van der Waals surface area contributed by atoms with Gasteiger partial charge in [-0.3, -0.25) is 4.79 Å². The standard InChI is InChI=1S/C17H20N2O3S/c20-15(9-22-8-12-1-2-12)7-18-17(21)14-5-3-13(4-6-14)16-10-23-11-19-16/h3-6,10-12,15,20H,1-2,7-9H2,(H,18,21). The number of carbonyl (C=O) groups is 1. The minimum atomic E-state index is -0.674. The van der Waals surface area contributed by atoms with E-state index in [9.17, 15) is 9.90 Å². The molecule has 2 aromatic rings. The number of rotatable bonds is 8. The van der Waals surface area contributed by atoms with Crippen LogP contribution in [0.3, 0.4) is 0 Å². The molecule has 23 heavy (non-hydrogen) atoms. The van der Waals surface area contributed by atoms with E-state index in [-0.39, 0.29) is 19.1 Å². The highest BCUT2D eigenvalue weighted by Gasteiger charge is 2.21. The lowest BCUT2D eigenvalue weighted by Gasteiger charge is -2.12. The molecular weight excluding hydrogens is 312 g/mol. The number of benzene rings is 1. The van der Waals surface area contributed by atoms with Crippen molar-refractivity contribution in [1.29, 1.82) is 0 Å². The van der Waals surface area contributed by atoms with E-state index < -0.39 is 6.10 Å². The first kappa shape index (κ1) is 16.1. The number of ether oxygens (including phenoxy) is 1. The number of nitrogens with one attached hydrogen (secondary N) is 1. The summed E-state index contributed by atoms with van der Waals surface area (Å²) in [6.45, 7) is 1.17. The Bertz CT molecular complexity index is 624. The van der Waals surface area contributed by atoms with Gasteiger partial charge < -0.3 is 15.2 Å². The number of nitrogens with zero attached hydrogens (tertiary/aromatic N) is 1. The van der Waals surface area contributed by atoms with Gasteiger partial charge >= 0.3 is 0 Å². The zero-order valence-electron chi connectivity index (χ0n) is 12.8. The average Bonchev–Trinajstić information content (AvgIpc) is 3.23. The van der Waals surface area contributed by atoms with Crippen molar-refractivity contribution in [2.24, 2.45) is 5.92 Å². The molecule has 1 saturated carbocycles. The molecule has 6 heteroatoms. The maximum absolute atomic E-state index is 12.1. The van der Waals surface area contributed by atoms with Crippen LogP contribution < -0.4 is 5.32 Å². The molecule has 0 bridgehead atoms. The van der Waals surface area contributed by atoms with E-state index in [0.717, 1.165) is 11.3 Å². The average molecular weight is 332 g/mol. The monoisotopic (exact) mass is 332 g/mol. The van der Waals surface area contributed by atoms with Crippen molar-refractivity contribution in [2.75, 3.05) is 19.8 Å². The van der Waals surface area contributed by atoms with Crippen LogP contribution in [0.25, 0.3) is 11.3 Å². The molecule has 0 spiro atoms. The molecule has 1 aliphatic carbocycles. The minimum Gasteiger partial charge on any atom is -0.389 e. The topological polar surface area (TPSA) is 71.5 Å². The molecule has 1 heterocycles. The number of aliphatic hydroxyl groups excluding tert-OH is 1. The number of aromatic nitrogens is 1. The van der Waals surface area contributed by atoms with Crippen molar-refractivity contribution < 1.29 is 14.6 Å². The molecule has 2 N–H and O–H groups in total. The largest absolute Gasteiger partial charge is 0.389 e. The summed E-state index contributed by atoms with van der Waals surface area (Å²) in [5.41, 5.74) is 4.24. The Morgan fingerprint density at radius 1 is 1.39 bits per heavy atom. The van der Waals surface area contributed by atoms with E-state index in [0.29, 0.717) is 18.1 Å². The lowest BCUT2D eigenvalue weighted by Crippen LogP contribution is -2.34. The van der Waals surface area contributed by atoms with E-state index in [1.807, 2.05) is 17.5 Å². The van der Waals surface area contributed by atoms with Gasteiger partial charge in [-0.1, -0.05) is 12.1 Å². The predicted octanol–water partition coefficient (Wildman–Crippen LogP) is 2.33. The van der Waals surface area contributed by atoms with E-state index in [4.69, 9.17) is 4.74 Å². The second-order valence-electron chi connectivity index (χ2n) is 5.80. The van der Waals surface area contributed by atoms with Crippen LogP contribution in [-0.4, -0.2) is 41.9 Å². The van der Waals surface area contributed by atoms with E-state index in [2.05, 4.69) is 10.3 Å². The zero-order chi connectivity index (χ0) is 16.1. The number of hydrogen-bond acceptors (Lipinski definition) is 5. The maximum Gasteiger partial charge on any atom is 0.251 e. The first-order valence-corrected chi connectivity index (χ1v) is 8.69. The first-order valence-electron chi connectivity index (χ1n) is 7.75. The Morgan fingerprint density at radius 3 is 2.83 bits per heavy atom. The molecule has 1 fully saturated rings. The van der Waals surface area contributed by atoms with Crippen molar-refractivity contribution >= 4 is 17.2 Å². The highest BCUT2D eigenvalue weighted by Crippen LogP contribution is 2.28. The second kappa shape index (κ2) is 7.68. The summed E-state index contributed by atoms with van der Waals surface area (Å²) >= 11 is 1.54. The third-order valence-electron chi connectivity index (χ3n) is 3.73. The van der Waals surface area contributed by atoms with Crippen molar-refractivity contribution in [1.82, 2.24) is 10.3 Å². The molecule has 5 nitrogen and oxygen atoms in total. The molecule has 1 amide bonds. The summed E-state index contributed by atoms with van der Waals surface area (Å²) in [5.74, 6) is 0.476. The molecule has 1 unspecified atom stereocenters. The summed E-state index contributed by atoms with van der Waals surface area (Å²) < 4.78 is 5.41. The van der Waals surface area contributed by atoms with Crippen molar-refractivity contribution in [3.05, 3.63) is 40.7 Å². The molecule has 1 atom stereocenters. The molecule has 1 aliphatic rings. The normalized spacial score (nSPS) is 15.3. The van der Waals surface area contributed by atoms with Gasteiger partial charge in [0.15, 0.2) is 0 Å². The second-order valence-corrected chi connectivity index (χ2v) is 6.51. The van der Waals surface area contributed by atoms with Gasteiger partial charge in [0.05, 0.1) is 23.9 Å². The maximum atomic E-state index is 12.1. The van der Waals surface area contributed by atoms with Crippen LogP contribution >= 0.6 is 11.3 Å². The molecule has 0 saturated heterocycles. The molecule has 0 aliphatic heterocycles. The number of hydrogen-bond donors (Lipinski definition) is 2. The van der Waals surface area contributed by atoms with Crippen LogP contribution in [0.5, 0.6) is 0 Å². The molecule has 3 rings (SSSR count). The van der Waals surface area contributed by atoms with E-state index >= 15 is 0 Å². The van der Waals surface area contributed by atoms with Crippen LogP contribution in [0.4, 0.5) is 0 Å². The number of carbonyl (C=O) groups excluding carboxylic acids is 1. The van der Waals surface area contributed by atoms with Crippen LogP contribution in [0.1, 0.15) is 23.2 Å².